The minimum Gasteiger partial charge on any atom is -0.402 e. The number of hydrogen-bond acceptors (Lipinski definition) is 7. The summed E-state index contributed by atoms with van der Waals surface area (Å²) in [6.07, 6.45) is 2.58. The first-order chi connectivity index (χ1) is 6.90. The van der Waals surface area contributed by atoms with E-state index >= 15 is 0 Å². The number of aliphatic hydroxyl groups is 2. The predicted molar refractivity (Wildman–Crippen MR) is 53.8 cm³/mol. The van der Waals surface area contributed by atoms with E-state index in [0.29, 0.717) is 6.42 Å². The Hall–Kier alpha value is -0.150. The van der Waals surface area contributed by atoms with E-state index in [4.69, 9.17) is 30.3 Å². The standard InChI is InChI=1S/C6H14O2.B2H4O5/c1-2-3-4-5-6(7)8;3-1(4)7-2(5)6/h6-8H,2-5H2,1H3;3-6H. The van der Waals surface area contributed by atoms with Gasteiger partial charge < -0.3 is 34.9 Å². The molecule has 0 unspecified atom stereocenters. The van der Waals surface area contributed by atoms with Crippen LogP contribution in [0.4, 0.5) is 0 Å². The first-order valence-corrected chi connectivity index (χ1v) is 4.64. The minimum atomic E-state index is -2.13. The Balaban J connectivity index is 0. The highest BCUT2D eigenvalue weighted by molar-refractivity contribution is 6.48. The molecule has 7 nitrogen and oxygen atoms in total. The van der Waals surface area contributed by atoms with Crippen LogP contribution in [0.15, 0.2) is 0 Å². The van der Waals surface area contributed by atoms with Crippen LogP contribution in [0.25, 0.3) is 0 Å². The van der Waals surface area contributed by atoms with Gasteiger partial charge in [-0.3, -0.25) is 0 Å². The van der Waals surface area contributed by atoms with E-state index in [0.717, 1.165) is 19.3 Å². The highest BCUT2D eigenvalue weighted by Gasteiger charge is 2.18. The van der Waals surface area contributed by atoms with Crippen LogP contribution in [0.5, 0.6) is 0 Å². The Labute approximate surface area is 89.3 Å². The molecule has 0 fully saturated rings. The van der Waals surface area contributed by atoms with E-state index in [1.807, 2.05) is 0 Å². The van der Waals surface area contributed by atoms with Gasteiger partial charge in [0.05, 0.1) is 0 Å². The van der Waals surface area contributed by atoms with Gasteiger partial charge in [-0.2, -0.15) is 0 Å². The summed E-state index contributed by atoms with van der Waals surface area (Å²) in [6.45, 7) is 2.09. The molecule has 9 heteroatoms. The molecule has 0 heterocycles. The summed E-state index contributed by atoms with van der Waals surface area (Å²) in [6, 6.07) is 0. The monoisotopic (exact) mass is 224 g/mol. The minimum absolute atomic E-state index is 0.522. The van der Waals surface area contributed by atoms with E-state index in [2.05, 4.69) is 11.5 Å². The maximum atomic E-state index is 8.33. The van der Waals surface area contributed by atoms with Crippen LogP contribution in [0, 0.1) is 0 Å². The second-order valence-electron chi connectivity index (χ2n) is 2.77. The van der Waals surface area contributed by atoms with Crippen LogP contribution in [-0.2, 0) is 4.57 Å². The van der Waals surface area contributed by atoms with Crippen molar-refractivity contribution in [3.63, 3.8) is 0 Å². The molecule has 0 atom stereocenters. The van der Waals surface area contributed by atoms with Gasteiger partial charge >= 0.3 is 14.6 Å². The van der Waals surface area contributed by atoms with Gasteiger partial charge in [-0.05, 0) is 12.8 Å². The molecule has 0 amide bonds. The summed E-state index contributed by atoms with van der Waals surface area (Å²) >= 11 is 0. The summed E-state index contributed by atoms with van der Waals surface area (Å²) in [5.74, 6) is 0. The fourth-order valence-corrected chi connectivity index (χ4v) is 0.686. The molecule has 0 saturated carbocycles. The van der Waals surface area contributed by atoms with Crippen LogP contribution in [0.3, 0.4) is 0 Å². The lowest BCUT2D eigenvalue weighted by Crippen LogP contribution is -2.28. The van der Waals surface area contributed by atoms with Gasteiger partial charge in [0.2, 0.25) is 0 Å². The molecule has 0 spiro atoms. The second-order valence-corrected chi connectivity index (χ2v) is 2.77. The smallest absolute Gasteiger partial charge is 0.402 e. The van der Waals surface area contributed by atoms with Gasteiger partial charge in [0.1, 0.15) is 0 Å². The average Bonchev–Trinajstić information content (AvgIpc) is 2.02. The fraction of sp³-hybridized carbons (Fsp3) is 1.00. The molecule has 90 valence electrons. The van der Waals surface area contributed by atoms with Crippen molar-refractivity contribution >= 4 is 14.6 Å². The topological polar surface area (TPSA) is 131 Å². The van der Waals surface area contributed by atoms with Crippen molar-refractivity contribution in [2.45, 2.75) is 38.9 Å². The normalized spacial score (nSPS) is 9.60. The molecule has 0 radical (unpaired) electrons. The molecule has 6 N–H and O–H groups in total. The highest BCUT2D eigenvalue weighted by Crippen LogP contribution is 1.99. The van der Waals surface area contributed by atoms with Gasteiger partial charge in [0, 0.05) is 0 Å². The van der Waals surface area contributed by atoms with E-state index in [1.165, 1.54) is 0 Å². The maximum absolute atomic E-state index is 8.33. The molecule has 0 saturated heterocycles. The van der Waals surface area contributed by atoms with Gasteiger partial charge in [0.25, 0.3) is 0 Å². The average molecular weight is 224 g/mol. The zero-order chi connectivity index (χ0) is 12.3. The van der Waals surface area contributed by atoms with Crippen molar-refractivity contribution in [2.75, 3.05) is 0 Å². The zero-order valence-corrected chi connectivity index (χ0v) is 8.65. The molecule has 0 aromatic rings. The SMILES string of the molecule is CCCCCC(O)O.OB(O)OB(O)O. The molecule has 0 aliphatic carbocycles. The first kappa shape index (κ1) is 17.3. The van der Waals surface area contributed by atoms with Gasteiger partial charge in [-0.25, -0.2) is 0 Å². The first-order valence-electron chi connectivity index (χ1n) is 4.64. The summed E-state index contributed by atoms with van der Waals surface area (Å²) in [4.78, 5) is 0. The molecule has 0 aromatic carbocycles. The lowest BCUT2D eigenvalue weighted by Gasteiger charge is -1.99. The van der Waals surface area contributed by atoms with E-state index < -0.39 is 20.9 Å². The summed E-state index contributed by atoms with van der Waals surface area (Å²) in [7, 11) is -4.25. The van der Waals surface area contributed by atoms with Crippen molar-refractivity contribution < 1.29 is 34.9 Å². The Morgan fingerprint density at radius 1 is 1.00 bits per heavy atom. The van der Waals surface area contributed by atoms with E-state index in [1.54, 1.807) is 0 Å². The number of hydrogen-bond donors (Lipinski definition) is 6. The lowest BCUT2D eigenvalue weighted by molar-refractivity contribution is -0.0465. The van der Waals surface area contributed by atoms with E-state index in [9.17, 15) is 0 Å². The van der Waals surface area contributed by atoms with Crippen molar-refractivity contribution in [3.8, 4) is 0 Å². The third-order valence-corrected chi connectivity index (χ3v) is 1.31. The molecular weight excluding hydrogens is 206 g/mol. The van der Waals surface area contributed by atoms with Crippen LogP contribution >= 0.6 is 0 Å². The molecule has 0 aliphatic rings. The maximum Gasteiger partial charge on any atom is 0.621 e. The van der Waals surface area contributed by atoms with Crippen molar-refractivity contribution in [1.29, 1.82) is 0 Å². The quantitative estimate of drug-likeness (QED) is 0.172. The Morgan fingerprint density at radius 3 is 1.67 bits per heavy atom. The van der Waals surface area contributed by atoms with Gasteiger partial charge in [-0.1, -0.05) is 19.8 Å². The Kier molecular flexibility index (Phi) is 13.7. The van der Waals surface area contributed by atoms with E-state index in [-0.39, 0.29) is 0 Å². The van der Waals surface area contributed by atoms with Crippen molar-refractivity contribution in [3.05, 3.63) is 0 Å². The lowest BCUT2D eigenvalue weighted by atomic mass is 10.1. The van der Waals surface area contributed by atoms with Crippen LogP contribution < -0.4 is 0 Å². The highest BCUT2D eigenvalue weighted by atomic mass is 16.7. The van der Waals surface area contributed by atoms with Crippen LogP contribution in [0.1, 0.15) is 32.6 Å². The van der Waals surface area contributed by atoms with Gasteiger partial charge in [0.15, 0.2) is 6.29 Å². The van der Waals surface area contributed by atoms with Crippen molar-refractivity contribution in [1.82, 2.24) is 0 Å². The summed E-state index contributed by atoms with van der Waals surface area (Å²) in [5, 5.41) is 47.6. The summed E-state index contributed by atoms with van der Waals surface area (Å²) in [5.41, 5.74) is 0. The predicted octanol–water partition coefficient (Wildman–Crippen LogP) is -2.18. The molecular formula is C6H18B2O7. The fourth-order valence-electron chi connectivity index (χ4n) is 0.686. The van der Waals surface area contributed by atoms with Crippen molar-refractivity contribution in [2.24, 2.45) is 0 Å². The molecule has 0 aliphatic heterocycles. The van der Waals surface area contributed by atoms with Crippen LogP contribution in [-0.4, -0.2) is 51.2 Å². The zero-order valence-electron chi connectivity index (χ0n) is 8.65. The Bertz CT molecular complexity index is 116. The molecule has 0 bridgehead atoms. The number of rotatable bonds is 6. The number of aliphatic hydroxyl groups excluding tert-OH is 1. The Morgan fingerprint density at radius 2 is 1.47 bits per heavy atom. The third kappa shape index (κ3) is 24.8. The molecule has 15 heavy (non-hydrogen) atoms. The second kappa shape index (κ2) is 11.9. The third-order valence-electron chi connectivity index (χ3n) is 1.31. The molecule has 0 aromatic heterocycles. The number of unbranched alkanes of at least 4 members (excludes halogenated alkanes) is 2. The largest absolute Gasteiger partial charge is 0.621 e. The summed E-state index contributed by atoms with van der Waals surface area (Å²) < 4.78 is 3.47. The van der Waals surface area contributed by atoms with Crippen LogP contribution in [0.2, 0.25) is 0 Å². The van der Waals surface area contributed by atoms with Gasteiger partial charge in [-0.15, -0.1) is 0 Å². The molecule has 0 rings (SSSR count).